The van der Waals surface area contributed by atoms with Gasteiger partial charge in [-0.05, 0) is 34.6 Å². The smallest absolute Gasteiger partial charge is 0.258 e. The van der Waals surface area contributed by atoms with Crippen LogP contribution in [0.5, 0.6) is 17.4 Å². The molecule has 1 aliphatic rings. The van der Waals surface area contributed by atoms with Gasteiger partial charge in [-0.1, -0.05) is 59.7 Å². The van der Waals surface area contributed by atoms with Crippen molar-refractivity contribution in [3.63, 3.8) is 0 Å². The van der Waals surface area contributed by atoms with Crippen molar-refractivity contribution < 1.29 is 9.84 Å². The number of para-hydroxylation sites is 1. The minimum Gasteiger partial charge on any atom is -0.507 e. The van der Waals surface area contributed by atoms with Crippen molar-refractivity contribution >= 4 is 0 Å². The number of H-pyrrole nitrogens is 1. The summed E-state index contributed by atoms with van der Waals surface area (Å²) in [5.41, 5.74) is 3.14. The molecule has 0 radical (unpaired) electrons. The maximum Gasteiger partial charge on any atom is 0.258 e. The van der Waals surface area contributed by atoms with Crippen LogP contribution in [0.4, 0.5) is 0 Å². The van der Waals surface area contributed by atoms with Crippen LogP contribution in [-0.4, -0.2) is 15.1 Å². The fourth-order valence-corrected chi connectivity index (χ4v) is 3.81. The van der Waals surface area contributed by atoms with E-state index in [0.29, 0.717) is 29.4 Å². The highest BCUT2D eigenvalue weighted by Crippen LogP contribution is 2.42. The van der Waals surface area contributed by atoms with E-state index in [4.69, 9.17) is 4.74 Å². The number of nitrogens with one attached hydrogen (secondary N) is 1. The summed E-state index contributed by atoms with van der Waals surface area (Å²) in [4.78, 5) is 20.5. The topological polar surface area (TPSA) is 75.2 Å². The lowest BCUT2D eigenvalue weighted by Crippen LogP contribution is -2.21. The SMILES string of the molecule is CC(C)(C)c1cc(-c2nc3c(c(=O)[nH]2)Cc2ccccc2O3)cc(C(C)(C)C)c1O. The van der Waals surface area contributed by atoms with E-state index in [1.807, 2.05) is 36.4 Å². The quantitative estimate of drug-likeness (QED) is 0.443. The van der Waals surface area contributed by atoms with Gasteiger partial charge in [-0.3, -0.25) is 4.79 Å². The minimum atomic E-state index is -0.274. The molecular formula is C25H28N2O3. The first-order valence-corrected chi connectivity index (χ1v) is 10.2. The van der Waals surface area contributed by atoms with Crippen LogP contribution < -0.4 is 10.3 Å². The summed E-state index contributed by atoms with van der Waals surface area (Å²) in [5.74, 6) is 1.80. The Morgan fingerprint density at radius 3 is 2.20 bits per heavy atom. The Morgan fingerprint density at radius 1 is 1.00 bits per heavy atom. The number of aromatic nitrogens is 2. The molecule has 0 fully saturated rings. The van der Waals surface area contributed by atoms with Gasteiger partial charge in [-0.25, -0.2) is 0 Å². The number of aromatic hydroxyl groups is 1. The zero-order valence-corrected chi connectivity index (χ0v) is 18.4. The molecule has 5 heteroatoms. The second-order valence-electron chi connectivity index (χ2n) is 10.0. The van der Waals surface area contributed by atoms with Crippen LogP contribution in [0, 0.1) is 0 Å². The van der Waals surface area contributed by atoms with Crippen molar-refractivity contribution in [3.05, 3.63) is 69.0 Å². The second-order valence-corrected chi connectivity index (χ2v) is 10.0. The first-order valence-electron chi connectivity index (χ1n) is 10.2. The van der Waals surface area contributed by atoms with Crippen molar-refractivity contribution in [2.45, 2.75) is 58.8 Å². The first kappa shape index (κ1) is 20.2. The highest BCUT2D eigenvalue weighted by molar-refractivity contribution is 5.65. The van der Waals surface area contributed by atoms with E-state index in [2.05, 4.69) is 51.5 Å². The third-order valence-electron chi connectivity index (χ3n) is 5.52. The Kier molecular flexibility index (Phi) is 4.53. The lowest BCUT2D eigenvalue weighted by atomic mass is 9.78. The normalized spacial score (nSPS) is 13.4. The number of nitrogens with zero attached hydrogens (tertiary/aromatic N) is 1. The molecule has 3 aromatic rings. The summed E-state index contributed by atoms with van der Waals surface area (Å²) in [6, 6.07) is 11.5. The highest BCUT2D eigenvalue weighted by atomic mass is 16.5. The Hall–Kier alpha value is -3.08. The van der Waals surface area contributed by atoms with Crippen molar-refractivity contribution in [1.29, 1.82) is 0 Å². The lowest BCUT2D eigenvalue weighted by molar-refractivity contribution is 0.423. The molecule has 1 aliphatic heterocycles. The number of phenols is 1. The van der Waals surface area contributed by atoms with Crippen molar-refractivity contribution in [2.75, 3.05) is 0 Å². The fraction of sp³-hybridized carbons (Fsp3) is 0.360. The molecule has 0 unspecified atom stereocenters. The van der Waals surface area contributed by atoms with E-state index in [1.165, 1.54) is 0 Å². The van der Waals surface area contributed by atoms with Gasteiger partial charge in [0.05, 0.1) is 5.56 Å². The average molecular weight is 405 g/mol. The minimum absolute atomic E-state index is 0.202. The lowest BCUT2D eigenvalue weighted by Gasteiger charge is -2.28. The van der Waals surface area contributed by atoms with Crippen molar-refractivity contribution in [1.82, 2.24) is 9.97 Å². The predicted molar refractivity (Wildman–Crippen MR) is 119 cm³/mol. The number of phenolic OH excluding ortho intramolecular Hbond substituents is 1. The van der Waals surface area contributed by atoms with Crippen molar-refractivity contribution in [2.24, 2.45) is 0 Å². The zero-order valence-electron chi connectivity index (χ0n) is 18.4. The molecule has 4 rings (SSSR count). The van der Waals surface area contributed by atoms with Gasteiger partial charge in [0.15, 0.2) is 0 Å². The molecule has 0 aliphatic carbocycles. The van der Waals surface area contributed by atoms with Crippen LogP contribution in [0.15, 0.2) is 41.2 Å². The largest absolute Gasteiger partial charge is 0.507 e. The summed E-state index contributed by atoms with van der Waals surface area (Å²) >= 11 is 0. The summed E-state index contributed by atoms with van der Waals surface area (Å²) < 4.78 is 5.96. The average Bonchev–Trinajstić information content (AvgIpc) is 2.65. The summed E-state index contributed by atoms with van der Waals surface area (Å²) in [5, 5.41) is 11.0. The molecule has 0 bridgehead atoms. The number of hydrogen-bond donors (Lipinski definition) is 2. The molecule has 5 nitrogen and oxygen atoms in total. The molecule has 0 atom stereocenters. The van der Waals surface area contributed by atoms with Gasteiger partial charge in [0.1, 0.15) is 17.3 Å². The van der Waals surface area contributed by atoms with Crippen LogP contribution in [0.2, 0.25) is 0 Å². The van der Waals surface area contributed by atoms with Crippen LogP contribution in [0.25, 0.3) is 11.4 Å². The van der Waals surface area contributed by atoms with Gasteiger partial charge in [0, 0.05) is 23.1 Å². The number of aromatic amines is 1. The number of benzene rings is 2. The predicted octanol–water partition coefficient (Wildman–Crippen LogP) is 5.43. The Balaban J connectivity index is 1.90. The number of rotatable bonds is 1. The van der Waals surface area contributed by atoms with Gasteiger partial charge in [-0.15, -0.1) is 0 Å². The van der Waals surface area contributed by atoms with Crippen LogP contribution in [0.1, 0.15) is 63.8 Å². The Bertz CT molecular complexity index is 1160. The third kappa shape index (κ3) is 3.49. The maximum atomic E-state index is 12.9. The van der Waals surface area contributed by atoms with Gasteiger partial charge in [0.2, 0.25) is 5.88 Å². The van der Waals surface area contributed by atoms with Crippen LogP contribution in [-0.2, 0) is 17.3 Å². The summed E-state index contributed by atoms with van der Waals surface area (Å²) in [7, 11) is 0. The van der Waals surface area contributed by atoms with Gasteiger partial charge in [0.25, 0.3) is 5.56 Å². The van der Waals surface area contributed by atoms with E-state index >= 15 is 0 Å². The molecule has 0 spiro atoms. The van der Waals surface area contributed by atoms with Gasteiger partial charge < -0.3 is 14.8 Å². The molecule has 30 heavy (non-hydrogen) atoms. The summed E-state index contributed by atoms with van der Waals surface area (Å²) in [6.07, 6.45) is 0.490. The molecule has 0 saturated carbocycles. The number of ether oxygens (including phenoxy) is 1. The van der Waals surface area contributed by atoms with E-state index in [-0.39, 0.29) is 16.4 Å². The van der Waals surface area contributed by atoms with Crippen LogP contribution in [0.3, 0.4) is 0 Å². The Morgan fingerprint density at radius 2 is 1.60 bits per heavy atom. The summed E-state index contributed by atoms with van der Waals surface area (Å²) in [6.45, 7) is 12.3. The van der Waals surface area contributed by atoms with Crippen LogP contribution >= 0.6 is 0 Å². The zero-order chi connectivity index (χ0) is 21.8. The number of fused-ring (bicyclic) bond motifs is 2. The van der Waals surface area contributed by atoms with E-state index in [0.717, 1.165) is 28.0 Å². The molecule has 2 heterocycles. The second kappa shape index (κ2) is 6.73. The van der Waals surface area contributed by atoms with E-state index < -0.39 is 0 Å². The Labute approximate surface area is 176 Å². The highest BCUT2D eigenvalue weighted by Gasteiger charge is 2.28. The van der Waals surface area contributed by atoms with Gasteiger partial charge >= 0.3 is 0 Å². The number of hydrogen-bond acceptors (Lipinski definition) is 4. The molecule has 0 amide bonds. The molecule has 2 aromatic carbocycles. The first-order chi connectivity index (χ1) is 13.9. The van der Waals surface area contributed by atoms with E-state index in [1.54, 1.807) is 0 Å². The molecule has 0 saturated heterocycles. The molecule has 2 N–H and O–H groups in total. The molecular weight excluding hydrogens is 376 g/mol. The standard InChI is InChI=1S/C25H28N2O3/c1-24(2,3)17-12-15(13-18(20(17)28)25(4,5)6)21-26-22(29)16-11-14-9-7-8-10-19(14)30-23(16)27-21/h7-10,12-13,28H,11H2,1-6H3,(H,26,27,29). The maximum absolute atomic E-state index is 12.9. The fourth-order valence-electron chi connectivity index (χ4n) is 3.81. The molecule has 1 aromatic heterocycles. The van der Waals surface area contributed by atoms with Gasteiger partial charge in [-0.2, -0.15) is 4.98 Å². The van der Waals surface area contributed by atoms with E-state index in [9.17, 15) is 9.90 Å². The van der Waals surface area contributed by atoms with Crippen molar-refractivity contribution in [3.8, 4) is 28.8 Å². The molecule has 156 valence electrons. The third-order valence-corrected chi connectivity index (χ3v) is 5.52. The monoisotopic (exact) mass is 404 g/mol.